The van der Waals surface area contributed by atoms with Crippen molar-refractivity contribution in [1.29, 1.82) is 0 Å². The number of pyridine rings is 2. The number of nitrogens with one attached hydrogen (secondary N) is 2. The summed E-state index contributed by atoms with van der Waals surface area (Å²) in [5.74, 6) is 2.12. The molecule has 0 aliphatic carbocycles. The predicted molar refractivity (Wildman–Crippen MR) is 157 cm³/mol. The number of hydrogen-bond donors (Lipinski definition) is 2. The van der Waals surface area contributed by atoms with E-state index in [-0.39, 0.29) is 6.03 Å². The van der Waals surface area contributed by atoms with E-state index in [2.05, 4.69) is 40.9 Å². The van der Waals surface area contributed by atoms with E-state index >= 15 is 0 Å². The number of hydrogen-bond acceptors (Lipinski definition) is 13. The van der Waals surface area contributed by atoms with Gasteiger partial charge in [-0.1, -0.05) is 6.07 Å². The fraction of sp³-hybridized carbons (Fsp3) is 0.192. The van der Waals surface area contributed by atoms with Crippen LogP contribution in [-0.2, 0) is 7.05 Å². The van der Waals surface area contributed by atoms with Gasteiger partial charge in [-0.3, -0.25) is 5.32 Å². The molecule has 6 rings (SSSR count). The first kappa shape index (κ1) is 27.1. The van der Waals surface area contributed by atoms with Crippen molar-refractivity contribution in [3.05, 3.63) is 48.1 Å². The molecule has 0 fully saturated rings. The first-order valence-electron chi connectivity index (χ1n) is 12.6. The zero-order valence-electron chi connectivity index (χ0n) is 22.8. The third kappa shape index (κ3) is 5.31. The van der Waals surface area contributed by atoms with Crippen LogP contribution in [0.15, 0.2) is 46.6 Å². The molecule has 2 N–H and O–H groups in total. The second-order valence-corrected chi connectivity index (χ2v) is 10.6. The monoisotopic (exact) mass is 601 g/mol. The van der Waals surface area contributed by atoms with Gasteiger partial charge >= 0.3 is 6.03 Å². The van der Waals surface area contributed by atoms with Gasteiger partial charge in [-0.25, -0.2) is 34.4 Å². The zero-order valence-corrected chi connectivity index (χ0v) is 24.4. The number of urea groups is 1. The highest BCUT2D eigenvalue weighted by Crippen LogP contribution is 2.43. The van der Waals surface area contributed by atoms with E-state index < -0.39 is 0 Å². The van der Waals surface area contributed by atoms with E-state index in [4.69, 9.17) is 19.1 Å². The lowest BCUT2D eigenvalue weighted by molar-refractivity contribution is 0.252. The van der Waals surface area contributed by atoms with Crippen molar-refractivity contribution < 1.29 is 13.9 Å². The lowest BCUT2D eigenvalue weighted by Crippen LogP contribution is -2.28. The first-order valence-corrected chi connectivity index (χ1v) is 14.3. The molecule has 0 bridgehead atoms. The van der Waals surface area contributed by atoms with Crippen LogP contribution in [0.4, 0.5) is 10.6 Å². The maximum atomic E-state index is 12.3. The number of carbonyl (C=O) groups excluding carboxylic acids is 1. The van der Waals surface area contributed by atoms with Crippen molar-refractivity contribution in [2.45, 2.75) is 13.8 Å². The number of nitrogens with zero attached hydrogens (tertiary/aromatic N) is 9. The number of anilines is 1. The molecule has 14 nitrogen and oxygen atoms in total. The summed E-state index contributed by atoms with van der Waals surface area (Å²) < 4.78 is 12.7. The number of rotatable bonds is 8. The van der Waals surface area contributed by atoms with Crippen LogP contribution in [0.5, 0.6) is 5.88 Å². The second-order valence-electron chi connectivity index (χ2n) is 8.73. The normalized spacial score (nSPS) is 11.0. The van der Waals surface area contributed by atoms with Crippen LogP contribution in [0, 0.1) is 6.92 Å². The van der Waals surface area contributed by atoms with Crippen LogP contribution >= 0.6 is 22.7 Å². The topological polar surface area (TPSA) is 172 Å². The molecule has 6 heterocycles. The fourth-order valence-electron chi connectivity index (χ4n) is 4.01. The van der Waals surface area contributed by atoms with E-state index in [9.17, 15) is 4.79 Å². The Bertz CT molecular complexity index is 1890. The fourth-order valence-corrected chi connectivity index (χ4v) is 5.86. The summed E-state index contributed by atoms with van der Waals surface area (Å²) in [7, 11) is 3.35. The smallest absolute Gasteiger partial charge is 0.320 e. The third-order valence-electron chi connectivity index (χ3n) is 5.91. The molecule has 0 saturated heterocycles. The average molecular weight is 602 g/mol. The first-order chi connectivity index (χ1) is 20.4. The van der Waals surface area contributed by atoms with Gasteiger partial charge in [0.15, 0.2) is 5.82 Å². The Hall–Kier alpha value is -5.09. The molecular weight excluding hydrogens is 578 g/mol. The van der Waals surface area contributed by atoms with E-state index in [1.165, 1.54) is 29.0 Å². The average Bonchev–Trinajstić information content (AvgIpc) is 3.80. The Kier molecular flexibility index (Phi) is 7.37. The van der Waals surface area contributed by atoms with Crippen molar-refractivity contribution in [2.24, 2.45) is 7.05 Å². The van der Waals surface area contributed by atoms with Crippen molar-refractivity contribution >= 4 is 34.5 Å². The molecule has 6 aromatic rings. The second kappa shape index (κ2) is 11.4. The van der Waals surface area contributed by atoms with Gasteiger partial charge in [0.2, 0.25) is 11.8 Å². The lowest BCUT2D eigenvalue weighted by atomic mass is 10.1. The molecular formula is C26H23N11O3S2. The highest BCUT2D eigenvalue weighted by Gasteiger charge is 2.25. The SMILES string of the molecule is CCNC(=O)Nc1cc(-c2nc(-c3cccc(OC)n3)cs2)c(-c2nc(-c3ncnn3C)c(-c3nnc(C)o3)s2)cn1. The van der Waals surface area contributed by atoms with Gasteiger partial charge in [0.25, 0.3) is 5.89 Å². The van der Waals surface area contributed by atoms with Gasteiger partial charge in [0, 0.05) is 49.3 Å². The van der Waals surface area contributed by atoms with Gasteiger partial charge in [0.1, 0.15) is 38.4 Å². The maximum Gasteiger partial charge on any atom is 0.320 e. The Balaban J connectivity index is 1.49. The largest absolute Gasteiger partial charge is 0.481 e. The minimum Gasteiger partial charge on any atom is -0.481 e. The number of methoxy groups -OCH3 is 1. The Morgan fingerprint density at radius 3 is 2.71 bits per heavy atom. The van der Waals surface area contributed by atoms with Gasteiger partial charge in [0.05, 0.1) is 12.8 Å². The van der Waals surface area contributed by atoms with Crippen molar-refractivity contribution in [2.75, 3.05) is 19.0 Å². The summed E-state index contributed by atoms with van der Waals surface area (Å²) in [6, 6.07) is 6.90. The van der Waals surface area contributed by atoms with Crippen LogP contribution in [0.25, 0.3) is 54.8 Å². The summed E-state index contributed by atoms with van der Waals surface area (Å²) in [6.45, 7) is 4.03. The minimum absolute atomic E-state index is 0.318. The number of carbonyl (C=O) groups is 1. The van der Waals surface area contributed by atoms with Gasteiger partial charge in [-0.2, -0.15) is 5.10 Å². The van der Waals surface area contributed by atoms with E-state index in [1.807, 2.05) is 24.4 Å². The molecule has 0 saturated carbocycles. The molecule has 0 unspecified atom stereocenters. The van der Waals surface area contributed by atoms with Crippen LogP contribution < -0.4 is 15.4 Å². The summed E-state index contributed by atoms with van der Waals surface area (Å²) >= 11 is 2.78. The van der Waals surface area contributed by atoms with Crippen molar-refractivity contribution in [3.8, 4) is 60.7 Å². The summed E-state index contributed by atoms with van der Waals surface area (Å²) in [6.07, 6.45) is 3.11. The van der Waals surface area contributed by atoms with Crippen LogP contribution in [0.3, 0.4) is 0 Å². The molecule has 0 spiro atoms. The molecule has 0 aliphatic heterocycles. The molecule has 0 radical (unpaired) electrons. The lowest BCUT2D eigenvalue weighted by Gasteiger charge is -2.09. The molecule has 2 amide bonds. The van der Waals surface area contributed by atoms with E-state index in [0.29, 0.717) is 78.9 Å². The van der Waals surface area contributed by atoms with Crippen LogP contribution in [0.2, 0.25) is 0 Å². The Morgan fingerprint density at radius 2 is 1.98 bits per heavy atom. The number of amides is 2. The van der Waals surface area contributed by atoms with Gasteiger partial charge in [-0.15, -0.1) is 32.9 Å². The number of aryl methyl sites for hydroxylation is 2. The van der Waals surface area contributed by atoms with E-state index in [0.717, 1.165) is 0 Å². The molecule has 16 heteroatoms. The number of ether oxygens (including phenoxy) is 1. The standard InChI is InChI=1S/C26H23N11O3S2/c1-5-27-26(38)33-18-9-14(24-32-17(11-41-24)16-7-6-8-19(31-16)39-4)15(10-28-18)25-34-20(22-29-12-30-37(22)3)21(42-25)23-36-35-13(2)40-23/h6-12H,5H2,1-4H3,(H2,27,28,33,38). The zero-order chi connectivity index (χ0) is 29.2. The Labute approximate surface area is 246 Å². The van der Waals surface area contributed by atoms with Crippen molar-refractivity contribution in [1.82, 2.24) is 50.2 Å². The van der Waals surface area contributed by atoms with Crippen molar-refractivity contribution in [3.63, 3.8) is 0 Å². The summed E-state index contributed by atoms with van der Waals surface area (Å²) in [5.41, 5.74) is 3.28. The number of thiazole rings is 2. The molecule has 0 atom stereocenters. The molecule has 212 valence electrons. The highest BCUT2D eigenvalue weighted by molar-refractivity contribution is 7.19. The summed E-state index contributed by atoms with van der Waals surface area (Å²) in [4.78, 5) is 36.1. The van der Waals surface area contributed by atoms with Crippen LogP contribution in [-0.4, -0.2) is 64.6 Å². The maximum absolute atomic E-state index is 12.3. The third-order valence-corrected chi connectivity index (χ3v) is 7.87. The minimum atomic E-state index is -0.364. The Morgan fingerprint density at radius 1 is 1.10 bits per heavy atom. The molecule has 0 aromatic carbocycles. The highest BCUT2D eigenvalue weighted by atomic mass is 32.1. The molecule has 42 heavy (non-hydrogen) atoms. The molecule has 0 aliphatic rings. The summed E-state index contributed by atoms with van der Waals surface area (Å²) in [5, 5.41) is 21.1. The van der Waals surface area contributed by atoms with Gasteiger partial charge in [-0.05, 0) is 19.1 Å². The molecule has 6 aromatic heterocycles. The van der Waals surface area contributed by atoms with E-state index in [1.54, 1.807) is 44.1 Å². The van der Waals surface area contributed by atoms with Crippen LogP contribution in [0.1, 0.15) is 12.8 Å². The quantitative estimate of drug-likeness (QED) is 0.248. The predicted octanol–water partition coefficient (Wildman–Crippen LogP) is 4.69. The van der Waals surface area contributed by atoms with Gasteiger partial charge < -0.3 is 14.5 Å². The number of aromatic nitrogens is 9.